The number of piperidine rings is 1. The van der Waals surface area contributed by atoms with E-state index >= 15 is 0 Å². The fraction of sp³-hybridized carbons (Fsp3) is 0.667. The molecule has 1 aliphatic heterocycles. The number of halogens is 1. The number of nitrogens with two attached hydrogens (primary N) is 1. The van der Waals surface area contributed by atoms with Crippen molar-refractivity contribution >= 4 is 22.9 Å². The fourth-order valence-corrected chi connectivity index (χ4v) is 3.46. The molecule has 2 rings (SSSR count). The summed E-state index contributed by atoms with van der Waals surface area (Å²) in [4.78, 5) is 3.90. The molecule has 90 valence electrons. The zero-order valence-corrected chi connectivity index (χ0v) is 11.1. The smallest absolute Gasteiger partial charge is 0.0931 e. The first-order chi connectivity index (χ1) is 7.78. The quantitative estimate of drug-likeness (QED) is 0.900. The van der Waals surface area contributed by atoms with E-state index in [1.165, 1.54) is 37.2 Å². The highest BCUT2D eigenvalue weighted by atomic mass is 35.5. The van der Waals surface area contributed by atoms with Crippen molar-refractivity contribution in [2.75, 3.05) is 19.6 Å². The van der Waals surface area contributed by atoms with E-state index in [4.69, 9.17) is 17.3 Å². The van der Waals surface area contributed by atoms with Crippen LogP contribution in [0, 0.1) is 5.92 Å². The molecule has 0 unspecified atom stereocenters. The van der Waals surface area contributed by atoms with Crippen LogP contribution in [-0.2, 0) is 6.54 Å². The Bertz CT molecular complexity index is 319. The van der Waals surface area contributed by atoms with Crippen molar-refractivity contribution in [2.24, 2.45) is 11.7 Å². The Morgan fingerprint density at radius 3 is 2.69 bits per heavy atom. The normalized spacial score (nSPS) is 19.1. The molecule has 1 aliphatic rings. The van der Waals surface area contributed by atoms with E-state index in [0.717, 1.165) is 23.3 Å². The lowest BCUT2D eigenvalue weighted by Gasteiger charge is -2.31. The van der Waals surface area contributed by atoms with Crippen molar-refractivity contribution < 1.29 is 0 Å². The maximum atomic E-state index is 5.93. The third-order valence-corrected chi connectivity index (χ3v) is 4.51. The predicted molar refractivity (Wildman–Crippen MR) is 71.0 cm³/mol. The van der Waals surface area contributed by atoms with E-state index < -0.39 is 0 Å². The minimum atomic E-state index is 0.838. The van der Waals surface area contributed by atoms with Crippen LogP contribution in [0.4, 0.5) is 0 Å². The standard InChI is InChI=1S/C12H19ClN2S/c13-12-2-1-11(16-12)9-15-7-4-10(3-6-14)5-8-15/h1-2,10H,3-9,14H2. The topological polar surface area (TPSA) is 29.3 Å². The highest BCUT2D eigenvalue weighted by Crippen LogP contribution is 2.25. The molecule has 2 N–H and O–H groups in total. The molecular weight excluding hydrogens is 240 g/mol. The molecule has 0 aliphatic carbocycles. The molecule has 0 bridgehead atoms. The van der Waals surface area contributed by atoms with Gasteiger partial charge in [-0.05, 0) is 56.9 Å². The van der Waals surface area contributed by atoms with Crippen LogP contribution in [0.3, 0.4) is 0 Å². The fourth-order valence-electron chi connectivity index (χ4n) is 2.33. The van der Waals surface area contributed by atoms with Gasteiger partial charge in [0.2, 0.25) is 0 Å². The van der Waals surface area contributed by atoms with Gasteiger partial charge in [0, 0.05) is 11.4 Å². The Hall–Kier alpha value is -0.0900. The number of rotatable bonds is 4. The van der Waals surface area contributed by atoms with E-state index in [2.05, 4.69) is 11.0 Å². The third kappa shape index (κ3) is 3.45. The second-order valence-corrected chi connectivity index (χ2v) is 6.30. The summed E-state index contributed by atoms with van der Waals surface area (Å²) in [6, 6.07) is 4.13. The summed E-state index contributed by atoms with van der Waals surface area (Å²) < 4.78 is 0.896. The second-order valence-electron chi connectivity index (χ2n) is 4.50. The van der Waals surface area contributed by atoms with E-state index in [1.54, 1.807) is 11.3 Å². The molecule has 0 saturated carbocycles. The Morgan fingerprint density at radius 2 is 2.12 bits per heavy atom. The lowest BCUT2D eigenvalue weighted by molar-refractivity contribution is 0.175. The van der Waals surface area contributed by atoms with Gasteiger partial charge >= 0.3 is 0 Å². The molecule has 0 spiro atoms. The summed E-state index contributed by atoms with van der Waals surface area (Å²) >= 11 is 7.62. The number of likely N-dealkylation sites (tertiary alicyclic amines) is 1. The first kappa shape index (κ1) is 12.4. The molecule has 0 radical (unpaired) electrons. The Kier molecular flexibility index (Phi) is 4.65. The minimum Gasteiger partial charge on any atom is -0.330 e. The summed E-state index contributed by atoms with van der Waals surface area (Å²) in [5.74, 6) is 0.855. The number of hydrogen-bond donors (Lipinski definition) is 1. The van der Waals surface area contributed by atoms with Gasteiger partial charge in [-0.3, -0.25) is 4.90 Å². The van der Waals surface area contributed by atoms with Crippen molar-refractivity contribution in [1.82, 2.24) is 4.90 Å². The van der Waals surface area contributed by atoms with Gasteiger partial charge in [0.15, 0.2) is 0 Å². The molecule has 1 saturated heterocycles. The van der Waals surface area contributed by atoms with Crippen LogP contribution in [0.1, 0.15) is 24.1 Å². The molecular formula is C12H19ClN2S. The van der Waals surface area contributed by atoms with Crippen LogP contribution in [0.25, 0.3) is 0 Å². The molecule has 0 atom stereocenters. The van der Waals surface area contributed by atoms with Gasteiger partial charge in [-0.15, -0.1) is 11.3 Å². The molecule has 1 aromatic heterocycles. The SMILES string of the molecule is NCCC1CCN(Cc2ccc(Cl)s2)CC1. The number of hydrogen-bond acceptors (Lipinski definition) is 3. The van der Waals surface area contributed by atoms with Gasteiger partial charge < -0.3 is 5.73 Å². The van der Waals surface area contributed by atoms with Gasteiger partial charge in [0.1, 0.15) is 0 Å². The molecule has 0 aromatic carbocycles. The molecule has 0 amide bonds. The monoisotopic (exact) mass is 258 g/mol. The van der Waals surface area contributed by atoms with E-state index in [-0.39, 0.29) is 0 Å². The molecule has 1 aromatic rings. The number of nitrogens with zero attached hydrogens (tertiary/aromatic N) is 1. The molecule has 2 heterocycles. The summed E-state index contributed by atoms with van der Waals surface area (Å²) in [6.07, 6.45) is 3.80. The van der Waals surface area contributed by atoms with Crippen LogP contribution in [0.5, 0.6) is 0 Å². The van der Waals surface area contributed by atoms with Crippen molar-refractivity contribution in [2.45, 2.75) is 25.8 Å². The lowest BCUT2D eigenvalue weighted by atomic mass is 9.94. The first-order valence-corrected chi connectivity index (χ1v) is 7.14. The van der Waals surface area contributed by atoms with Crippen LogP contribution in [-0.4, -0.2) is 24.5 Å². The maximum absolute atomic E-state index is 5.93. The summed E-state index contributed by atoms with van der Waals surface area (Å²) in [6.45, 7) is 4.32. The van der Waals surface area contributed by atoms with Gasteiger partial charge in [0.05, 0.1) is 4.34 Å². The second kappa shape index (κ2) is 6.01. The Balaban J connectivity index is 1.77. The van der Waals surface area contributed by atoms with Gasteiger partial charge in [0.25, 0.3) is 0 Å². The molecule has 4 heteroatoms. The van der Waals surface area contributed by atoms with Crippen LogP contribution in [0.15, 0.2) is 12.1 Å². The van der Waals surface area contributed by atoms with Gasteiger partial charge in [-0.1, -0.05) is 11.6 Å². The summed E-state index contributed by atoms with van der Waals surface area (Å²) in [7, 11) is 0. The van der Waals surface area contributed by atoms with Gasteiger partial charge in [-0.25, -0.2) is 0 Å². The van der Waals surface area contributed by atoms with Crippen molar-refractivity contribution in [3.05, 3.63) is 21.3 Å². The Labute approximate surface area is 106 Å². The van der Waals surface area contributed by atoms with Crippen LogP contribution < -0.4 is 5.73 Å². The minimum absolute atomic E-state index is 0.838. The largest absolute Gasteiger partial charge is 0.330 e. The molecule has 1 fully saturated rings. The first-order valence-electron chi connectivity index (χ1n) is 5.94. The zero-order valence-electron chi connectivity index (χ0n) is 9.49. The van der Waals surface area contributed by atoms with E-state index in [0.29, 0.717) is 0 Å². The highest BCUT2D eigenvalue weighted by molar-refractivity contribution is 7.16. The summed E-state index contributed by atoms with van der Waals surface area (Å²) in [5.41, 5.74) is 5.59. The Morgan fingerprint density at radius 1 is 1.38 bits per heavy atom. The molecule has 16 heavy (non-hydrogen) atoms. The number of thiophene rings is 1. The van der Waals surface area contributed by atoms with E-state index in [1.807, 2.05) is 6.07 Å². The van der Waals surface area contributed by atoms with Crippen molar-refractivity contribution in [3.8, 4) is 0 Å². The zero-order chi connectivity index (χ0) is 11.4. The third-order valence-electron chi connectivity index (χ3n) is 3.29. The van der Waals surface area contributed by atoms with Crippen molar-refractivity contribution in [3.63, 3.8) is 0 Å². The highest BCUT2D eigenvalue weighted by Gasteiger charge is 2.18. The van der Waals surface area contributed by atoms with Crippen LogP contribution >= 0.6 is 22.9 Å². The molecule has 2 nitrogen and oxygen atoms in total. The summed E-state index contributed by atoms with van der Waals surface area (Å²) in [5, 5.41) is 0. The average Bonchev–Trinajstić information content (AvgIpc) is 2.67. The van der Waals surface area contributed by atoms with Crippen LogP contribution in [0.2, 0.25) is 4.34 Å². The van der Waals surface area contributed by atoms with Crippen molar-refractivity contribution in [1.29, 1.82) is 0 Å². The average molecular weight is 259 g/mol. The van der Waals surface area contributed by atoms with Gasteiger partial charge in [-0.2, -0.15) is 0 Å². The predicted octanol–water partition coefficient (Wildman–Crippen LogP) is 2.96. The maximum Gasteiger partial charge on any atom is 0.0931 e. The van der Waals surface area contributed by atoms with E-state index in [9.17, 15) is 0 Å². The lowest BCUT2D eigenvalue weighted by Crippen LogP contribution is -2.33.